The molecule has 1 atom stereocenters. The number of amides is 1. The minimum atomic E-state index is 0.0637. The molecule has 1 N–H and O–H groups in total. The van der Waals surface area contributed by atoms with E-state index in [1.807, 2.05) is 17.0 Å². The largest absolute Gasteiger partial charge is 0.335 e. The first kappa shape index (κ1) is 15.2. The van der Waals surface area contributed by atoms with E-state index in [2.05, 4.69) is 11.2 Å². The fraction of sp³-hybridized carbons (Fsp3) is 0.400. The van der Waals surface area contributed by atoms with Crippen molar-refractivity contribution in [3.63, 3.8) is 0 Å². The number of hydrogen-bond acceptors (Lipinski definition) is 2. The first-order valence-electron chi connectivity index (χ1n) is 6.52. The van der Waals surface area contributed by atoms with Crippen LogP contribution in [0.25, 0.3) is 0 Å². The van der Waals surface area contributed by atoms with Crippen LogP contribution in [0.5, 0.6) is 0 Å². The van der Waals surface area contributed by atoms with Gasteiger partial charge < -0.3 is 4.90 Å². The summed E-state index contributed by atoms with van der Waals surface area (Å²) in [7, 11) is 0. The first-order valence-corrected chi connectivity index (χ1v) is 7.27. The molecule has 106 valence electrons. The Morgan fingerprint density at radius 3 is 2.95 bits per heavy atom. The molecule has 1 heterocycles. The fourth-order valence-electron chi connectivity index (χ4n) is 2.47. The molecule has 2 rings (SSSR count). The number of rotatable bonds is 4. The summed E-state index contributed by atoms with van der Waals surface area (Å²) in [5.41, 5.74) is 1.03. The molecule has 0 aromatic heterocycles. The van der Waals surface area contributed by atoms with E-state index in [4.69, 9.17) is 29.6 Å². The number of carbonyl (C=O) groups excluding carboxylic acids is 1. The van der Waals surface area contributed by atoms with E-state index in [9.17, 15) is 4.79 Å². The molecule has 5 heteroatoms. The Labute approximate surface area is 129 Å². The SMILES string of the molecule is C#CCNCC(=O)N1CCCC1c1ccc(Cl)c(Cl)c1. The van der Waals surface area contributed by atoms with Crippen LogP contribution in [0, 0.1) is 12.3 Å². The molecule has 1 aromatic carbocycles. The highest BCUT2D eigenvalue weighted by Gasteiger charge is 2.29. The predicted molar refractivity (Wildman–Crippen MR) is 81.9 cm³/mol. The molecule has 0 spiro atoms. The van der Waals surface area contributed by atoms with Crippen LogP contribution in [0.1, 0.15) is 24.4 Å². The van der Waals surface area contributed by atoms with Crippen LogP contribution in [-0.2, 0) is 4.79 Å². The van der Waals surface area contributed by atoms with Gasteiger partial charge in [0.25, 0.3) is 0 Å². The van der Waals surface area contributed by atoms with Crippen molar-refractivity contribution in [3.8, 4) is 12.3 Å². The van der Waals surface area contributed by atoms with Gasteiger partial charge in [-0.2, -0.15) is 0 Å². The van der Waals surface area contributed by atoms with Crippen molar-refractivity contribution in [2.75, 3.05) is 19.6 Å². The van der Waals surface area contributed by atoms with Gasteiger partial charge in [0.05, 0.1) is 29.2 Å². The lowest BCUT2D eigenvalue weighted by molar-refractivity contribution is -0.131. The van der Waals surface area contributed by atoms with Gasteiger partial charge in [0.2, 0.25) is 5.91 Å². The second kappa shape index (κ2) is 6.99. The normalized spacial score (nSPS) is 18.1. The van der Waals surface area contributed by atoms with Crippen molar-refractivity contribution in [3.05, 3.63) is 33.8 Å². The van der Waals surface area contributed by atoms with Gasteiger partial charge in [-0.3, -0.25) is 10.1 Å². The van der Waals surface area contributed by atoms with Crippen LogP contribution in [0.4, 0.5) is 0 Å². The van der Waals surface area contributed by atoms with Gasteiger partial charge >= 0.3 is 0 Å². The average molecular weight is 311 g/mol. The van der Waals surface area contributed by atoms with E-state index in [0.717, 1.165) is 24.9 Å². The molecule has 0 radical (unpaired) electrons. The number of nitrogens with one attached hydrogen (secondary N) is 1. The molecule has 3 nitrogen and oxygen atoms in total. The summed E-state index contributed by atoms with van der Waals surface area (Å²) in [6.07, 6.45) is 7.09. The molecule has 0 bridgehead atoms. The highest BCUT2D eigenvalue weighted by atomic mass is 35.5. The number of likely N-dealkylation sites (tertiary alicyclic amines) is 1. The van der Waals surface area contributed by atoms with Crippen molar-refractivity contribution < 1.29 is 4.79 Å². The van der Waals surface area contributed by atoms with Crippen molar-refractivity contribution in [1.29, 1.82) is 0 Å². The van der Waals surface area contributed by atoms with E-state index >= 15 is 0 Å². The molecule has 1 amide bonds. The molecule has 1 fully saturated rings. The van der Waals surface area contributed by atoms with E-state index in [0.29, 0.717) is 16.6 Å². The standard InChI is InChI=1S/C15H16Cl2N2O/c1-2-7-18-10-15(20)19-8-3-4-14(19)11-5-6-12(16)13(17)9-11/h1,5-6,9,14,18H,3-4,7-8,10H2. The van der Waals surface area contributed by atoms with Crippen LogP contribution in [0.2, 0.25) is 10.0 Å². The Balaban J connectivity index is 2.08. The Hall–Kier alpha value is -1.21. The van der Waals surface area contributed by atoms with Crippen molar-refractivity contribution in [2.45, 2.75) is 18.9 Å². The lowest BCUT2D eigenvalue weighted by Crippen LogP contribution is -2.37. The zero-order valence-electron chi connectivity index (χ0n) is 11.0. The third-order valence-electron chi connectivity index (χ3n) is 3.40. The molecular weight excluding hydrogens is 295 g/mol. The van der Waals surface area contributed by atoms with Gasteiger partial charge in [0, 0.05) is 6.54 Å². The van der Waals surface area contributed by atoms with Gasteiger partial charge in [0.15, 0.2) is 0 Å². The summed E-state index contributed by atoms with van der Waals surface area (Å²) < 4.78 is 0. The van der Waals surface area contributed by atoms with Gasteiger partial charge in [-0.05, 0) is 30.5 Å². The maximum Gasteiger partial charge on any atom is 0.237 e. The van der Waals surface area contributed by atoms with Crippen LogP contribution >= 0.6 is 23.2 Å². The summed E-state index contributed by atoms with van der Waals surface area (Å²) in [4.78, 5) is 14.1. The molecule has 1 saturated heterocycles. The summed E-state index contributed by atoms with van der Waals surface area (Å²) in [5.74, 6) is 2.52. The summed E-state index contributed by atoms with van der Waals surface area (Å²) >= 11 is 12.0. The van der Waals surface area contributed by atoms with E-state index in [1.54, 1.807) is 6.07 Å². The monoisotopic (exact) mass is 310 g/mol. The number of halogens is 2. The van der Waals surface area contributed by atoms with Crippen molar-refractivity contribution in [2.24, 2.45) is 0 Å². The van der Waals surface area contributed by atoms with E-state index < -0.39 is 0 Å². The topological polar surface area (TPSA) is 32.3 Å². The van der Waals surface area contributed by atoms with E-state index in [1.165, 1.54) is 0 Å². The maximum absolute atomic E-state index is 12.2. The van der Waals surface area contributed by atoms with Gasteiger partial charge in [-0.25, -0.2) is 0 Å². The molecule has 1 aromatic rings. The van der Waals surface area contributed by atoms with Crippen molar-refractivity contribution >= 4 is 29.1 Å². The molecule has 20 heavy (non-hydrogen) atoms. The maximum atomic E-state index is 12.2. The third-order valence-corrected chi connectivity index (χ3v) is 4.14. The van der Waals surface area contributed by atoms with Crippen molar-refractivity contribution in [1.82, 2.24) is 10.2 Å². The molecule has 1 aliphatic rings. The van der Waals surface area contributed by atoms with Gasteiger partial charge in [-0.1, -0.05) is 35.2 Å². The van der Waals surface area contributed by atoms with Crippen LogP contribution in [-0.4, -0.2) is 30.4 Å². The zero-order valence-corrected chi connectivity index (χ0v) is 12.5. The Morgan fingerprint density at radius 2 is 2.25 bits per heavy atom. The molecule has 0 aliphatic carbocycles. The lowest BCUT2D eigenvalue weighted by Gasteiger charge is -2.25. The number of benzene rings is 1. The second-order valence-corrected chi connectivity index (χ2v) is 5.54. The summed E-state index contributed by atoms with van der Waals surface area (Å²) in [5, 5.41) is 3.98. The number of nitrogens with zero attached hydrogens (tertiary/aromatic N) is 1. The third kappa shape index (κ3) is 3.46. The highest BCUT2D eigenvalue weighted by molar-refractivity contribution is 6.42. The number of terminal acetylenes is 1. The van der Waals surface area contributed by atoms with Crippen LogP contribution < -0.4 is 5.32 Å². The highest BCUT2D eigenvalue weighted by Crippen LogP contribution is 2.34. The second-order valence-electron chi connectivity index (χ2n) is 4.73. The van der Waals surface area contributed by atoms with Gasteiger partial charge in [-0.15, -0.1) is 6.42 Å². The summed E-state index contributed by atoms with van der Waals surface area (Å²) in [6, 6.07) is 5.62. The predicted octanol–water partition coefficient (Wildman–Crippen LogP) is 2.88. The van der Waals surface area contributed by atoms with Crippen LogP contribution in [0.15, 0.2) is 18.2 Å². The number of hydrogen-bond donors (Lipinski definition) is 1. The summed E-state index contributed by atoms with van der Waals surface area (Å²) in [6.45, 7) is 1.43. The minimum absolute atomic E-state index is 0.0637. The smallest absolute Gasteiger partial charge is 0.237 e. The quantitative estimate of drug-likeness (QED) is 0.685. The zero-order chi connectivity index (χ0) is 14.5. The molecular formula is C15H16Cl2N2O. The fourth-order valence-corrected chi connectivity index (χ4v) is 2.78. The minimum Gasteiger partial charge on any atom is -0.335 e. The Morgan fingerprint density at radius 1 is 1.45 bits per heavy atom. The Kier molecular flexibility index (Phi) is 5.31. The number of carbonyl (C=O) groups is 1. The van der Waals surface area contributed by atoms with Gasteiger partial charge in [0.1, 0.15) is 0 Å². The van der Waals surface area contributed by atoms with Crippen LogP contribution in [0.3, 0.4) is 0 Å². The lowest BCUT2D eigenvalue weighted by atomic mass is 10.0. The average Bonchev–Trinajstić information content (AvgIpc) is 2.91. The van der Waals surface area contributed by atoms with E-state index in [-0.39, 0.29) is 18.5 Å². The first-order chi connectivity index (χ1) is 9.63. The molecule has 1 aliphatic heterocycles. The molecule has 1 unspecified atom stereocenters. The molecule has 0 saturated carbocycles. The Bertz CT molecular complexity index is 539.